The first-order valence-corrected chi connectivity index (χ1v) is 9.30. The molecular weight excluding hydrogens is 326 g/mol. The summed E-state index contributed by atoms with van der Waals surface area (Å²) >= 11 is 3.23. The Kier molecular flexibility index (Phi) is 4.60. The van der Waals surface area contributed by atoms with Crippen molar-refractivity contribution in [2.45, 2.75) is 39.7 Å². The van der Waals surface area contributed by atoms with Gasteiger partial charge in [-0.1, -0.05) is 13.0 Å². The van der Waals surface area contributed by atoms with Gasteiger partial charge in [-0.05, 0) is 24.8 Å². The number of aryl methyl sites for hydroxylation is 2. The molecule has 0 aliphatic heterocycles. The molecule has 0 amide bonds. The zero-order chi connectivity index (χ0) is 16.4. The van der Waals surface area contributed by atoms with E-state index >= 15 is 0 Å². The molecule has 0 fully saturated rings. The van der Waals surface area contributed by atoms with Crippen molar-refractivity contribution < 1.29 is 0 Å². The van der Waals surface area contributed by atoms with Crippen LogP contribution in [0.3, 0.4) is 0 Å². The van der Waals surface area contributed by atoms with Crippen molar-refractivity contribution in [2.24, 2.45) is 0 Å². The van der Waals surface area contributed by atoms with Crippen molar-refractivity contribution in [3.63, 3.8) is 0 Å². The van der Waals surface area contributed by atoms with Crippen LogP contribution in [0.15, 0.2) is 22.3 Å². The van der Waals surface area contributed by atoms with Gasteiger partial charge in [-0.15, -0.1) is 22.7 Å². The Hall–Kier alpha value is -1.97. The van der Waals surface area contributed by atoms with E-state index in [-0.39, 0.29) is 5.56 Å². The van der Waals surface area contributed by atoms with Crippen molar-refractivity contribution >= 4 is 32.9 Å². The summed E-state index contributed by atoms with van der Waals surface area (Å²) < 4.78 is 1.75. The van der Waals surface area contributed by atoms with Gasteiger partial charge in [-0.3, -0.25) is 9.36 Å². The molecule has 0 aliphatic rings. The fraction of sp³-hybridized carbons (Fsp3) is 0.353. The highest BCUT2D eigenvalue weighted by Crippen LogP contribution is 2.37. The SMILES string of the molecule is CCc1nc2sc(C)c(-c3cccs3)c2c(=O)n1CCCC#N. The van der Waals surface area contributed by atoms with Crippen LogP contribution in [0.1, 0.15) is 30.5 Å². The number of hydrogen-bond acceptors (Lipinski definition) is 5. The van der Waals surface area contributed by atoms with Gasteiger partial charge in [0.05, 0.1) is 11.5 Å². The van der Waals surface area contributed by atoms with E-state index in [0.29, 0.717) is 25.8 Å². The van der Waals surface area contributed by atoms with Gasteiger partial charge in [0.25, 0.3) is 5.56 Å². The van der Waals surface area contributed by atoms with E-state index in [9.17, 15) is 4.79 Å². The number of nitriles is 1. The molecule has 0 unspecified atom stereocenters. The summed E-state index contributed by atoms with van der Waals surface area (Å²) in [6.07, 6.45) is 1.84. The molecule has 4 nitrogen and oxygen atoms in total. The highest BCUT2D eigenvalue weighted by molar-refractivity contribution is 7.20. The minimum absolute atomic E-state index is 0.0255. The summed E-state index contributed by atoms with van der Waals surface area (Å²) in [6, 6.07) is 6.19. The molecule has 3 rings (SSSR count). The molecule has 0 aromatic carbocycles. The van der Waals surface area contributed by atoms with Crippen molar-refractivity contribution in [3.8, 4) is 16.5 Å². The van der Waals surface area contributed by atoms with E-state index in [1.54, 1.807) is 27.2 Å². The molecule has 0 atom stereocenters. The maximum atomic E-state index is 13.1. The molecule has 0 saturated heterocycles. The largest absolute Gasteiger partial charge is 0.296 e. The fourth-order valence-electron chi connectivity index (χ4n) is 2.77. The summed E-state index contributed by atoms with van der Waals surface area (Å²) in [5.41, 5.74) is 1.05. The lowest BCUT2D eigenvalue weighted by Gasteiger charge is -2.10. The van der Waals surface area contributed by atoms with Gasteiger partial charge in [0.1, 0.15) is 10.7 Å². The van der Waals surface area contributed by atoms with Crippen LogP contribution < -0.4 is 5.56 Å². The highest BCUT2D eigenvalue weighted by Gasteiger charge is 2.19. The van der Waals surface area contributed by atoms with Crippen LogP contribution in [0.25, 0.3) is 20.7 Å². The van der Waals surface area contributed by atoms with Crippen LogP contribution >= 0.6 is 22.7 Å². The van der Waals surface area contributed by atoms with Crippen LogP contribution in [0.2, 0.25) is 0 Å². The molecule has 0 saturated carbocycles. The Morgan fingerprint density at radius 1 is 1.43 bits per heavy atom. The quantitative estimate of drug-likeness (QED) is 0.647. The third-order valence-electron chi connectivity index (χ3n) is 3.82. The zero-order valence-corrected chi connectivity index (χ0v) is 14.8. The molecule has 23 heavy (non-hydrogen) atoms. The van der Waals surface area contributed by atoms with E-state index < -0.39 is 0 Å². The predicted octanol–water partition coefficient (Wildman–Crippen LogP) is 4.36. The fourth-order valence-corrected chi connectivity index (χ4v) is 4.72. The number of aromatic nitrogens is 2. The standard InChI is InChI=1S/C17H17N3OS2/c1-3-13-19-16-15(17(21)20(13)9-5-4-8-18)14(11(2)23-16)12-7-6-10-22-12/h6-7,10H,3-5,9H2,1-2H3. The van der Waals surface area contributed by atoms with Crippen LogP contribution in [0.5, 0.6) is 0 Å². The summed E-state index contributed by atoms with van der Waals surface area (Å²) in [5.74, 6) is 0.805. The lowest BCUT2D eigenvalue weighted by molar-refractivity contribution is 0.594. The molecule has 0 N–H and O–H groups in total. The van der Waals surface area contributed by atoms with Gasteiger partial charge in [-0.2, -0.15) is 5.26 Å². The molecule has 6 heteroatoms. The minimum Gasteiger partial charge on any atom is -0.296 e. The van der Waals surface area contributed by atoms with Crippen molar-refractivity contribution in [1.29, 1.82) is 5.26 Å². The average Bonchev–Trinajstić information content (AvgIpc) is 3.16. The molecule has 3 aromatic heterocycles. The van der Waals surface area contributed by atoms with Crippen LogP contribution in [-0.4, -0.2) is 9.55 Å². The monoisotopic (exact) mass is 343 g/mol. The first-order valence-electron chi connectivity index (χ1n) is 7.61. The zero-order valence-electron chi connectivity index (χ0n) is 13.1. The molecule has 0 bridgehead atoms. The molecule has 3 heterocycles. The second kappa shape index (κ2) is 6.65. The lowest BCUT2D eigenvalue weighted by atomic mass is 10.1. The molecule has 0 aliphatic carbocycles. The maximum absolute atomic E-state index is 13.1. The Morgan fingerprint density at radius 3 is 2.91 bits per heavy atom. The summed E-state index contributed by atoms with van der Waals surface area (Å²) in [6.45, 7) is 4.61. The first kappa shape index (κ1) is 15.9. The second-order valence-electron chi connectivity index (χ2n) is 5.29. The van der Waals surface area contributed by atoms with E-state index in [1.807, 2.05) is 31.4 Å². The average molecular weight is 343 g/mol. The number of nitrogens with zero attached hydrogens (tertiary/aromatic N) is 3. The third-order valence-corrected chi connectivity index (χ3v) is 5.71. The van der Waals surface area contributed by atoms with Gasteiger partial charge in [0.2, 0.25) is 0 Å². The third kappa shape index (κ3) is 2.82. The van der Waals surface area contributed by atoms with Crippen molar-refractivity contribution in [2.75, 3.05) is 0 Å². The smallest absolute Gasteiger partial charge is 0.262 e. The van der Waals surface area contributed by atoms with Crippen LogP contribution in [-0.2, 0) is 13.0 Å². The number of rotatable bonds is 5. The molecule has 0 spiro atoms. The van der Waals surface area contributed by atoms with Gasteiger partial charge < -0.3 is 0 Å². The number of hydrogen-bond donors (Lipinski definition) is 0. The first-order chi connectivity index (χ1) is 11.2. The van der Waals surface area contributed by atoms with E-state index in [4.69, 9.17) is 10.2 Å². The van der Waals surface area contributed by atoms with Crippen LogP contribution in [0, 0.1) is 18.3 Å². The van der Waals surface area contributed by atoms with E-state index in [1.165, 1.54) is 0 Å². The van der Waals surface area contributed by atoms with E-state index in [2.05, 4.69) is 6.07 Å². The second-order valence-corrected chi connectivity index (χ2v) is 7.44. The summed E-state index contributed by atoms with van der Waals surface area (Å²) in [4.78, 5) is 20.9. The van der Waals surface area contributed by atoms with Crippen LogP contribution in [0.4, 0.5) is 0 Å². The van der Waals surface area contributed by atoms with Gasteiger partial charge in [0.15, 0.2) is 0 Å². The molecule has 3 aromatic rings. The molecular formula is C17H17N3OS2. The summed E-state index contributed by atoms with van der Waals surface area (Å²) in [7, 11) is 0. The van der Waals surface area contributed by atoms with Gasteiger partial charge >= 0.3 is 0 Å². The number of fused-ring (bicyclic) bond motifs is 1. The van der Waals surface area contributed by atoms with Gasteiger partial charge in [0, 0.05) is 34.7 Å². The predicted molar refractivity (Wildman–Crippen MR) is 96.2 cm³/mol. The highest BCUT2D eigenvalue weighted by atomic mass is 32.1. The van der Waals surface area contributed by atoms with Gasteiger partial charge in [-0.25, -0.2) is 4.98 Å². The lowest BCUT2D eigenvalue weighted by Crippen LogP contribution is -2.25. The molecule has 0 radical (unpaired) electrons. The minimum atomic E-state index is 0.0255. The Labute approximate surface area is 142 Å². The van der Waals surface area contributed by atoms with Crippen molar-refractivity contribution in [3.05, 3.63) is 38.6 Å². The number of unbranched alkanes of at least 4 members (excludes halogenated alkanes) is 1. The Balaban J connectivity index is 2.24. The Morgan fingerprint density at radius 2 is 2.26 bits per heavy atom. The van der Waals surface area contributed by atoms with Crippen molar-refractivity contribution in [1.82, 2.24) is 9.55 Å². The van der Waals surface area contributed by atoms with E-state index in [0.717, 1.165) is 31.4 Å². The maximum Gasteiger partial charge on any atom is 0.262 e. The topological polar surface area (TPSA) is 58.7 Å². The normalized spacial score (nSPS) is 11.0. The number of thiophene rings is 2. The molecule has 118 valence electrons. The summed E-state index contributed by atoms with van der Waals surface area (Å²) in [5, 5.41) is 11.5. The Bertz CT molecular complexity index is 930.